The molecule has 1 aromatic heterocycles. The number of rotatable bonds is 7. The molecule has 1 rings (SSSR count). The van der Waals surface area contributed by atoms with Gasteiger partial charge in [-0.3, -0.25) is 0 Å². The Kier molecular flexibility index (Phi) is 5.26. The zero-order valence-electron chi connectivity index (χ0n) is 11.5. The van der Waals surface area contributed by atoms with Crippen LogP contribution in [-0.4, -0.2) is 16.1 Å². The number of nitrogens with one attached hydrogen (secondary N) is 1. The van der Waals surface area contributed by atoms with E-state index in [9.17, 15) is 0 Å². The summed E-state index contributed by atoms with van der Waals surface area (Å²) in [6.07, 6.45) is 5.74. The molecule has 1 N–H and O–H groups in total. The highest BCUT2D eigenvalue weighted by Gasteiger charge is 2.18. The van der Waals surface area contributed by atoms with E-state index >= 15 is 0 Å². The number of nitrogens with zero attached hydrogens (tertiary/aromatic N) is 2. The molecule has 0 atom stereocenters. The first-order chi connectivity index (χ1) is 8.06. The molecule has 1 aromatic rings. The second-order valence-corrected chi connectivity index (χ2v) is 5.22. The lowest BCUT2D eigenvalue weighted by atomic mass is 9.85. The number of imidazole rings is 1. The van der Waals surface area contributed by atoms with Gasteiger partial charge in [-0.25, -0.2) is 4.98 Å². The van der Waals surface area contributed by atoms with Crippen LogP contribution < -0.4 is 5.32 Å². The number of anilines is 1. The third-order valence-electron chi connectivity index (χ3n) is 3.24. The van der Waals surface area contributed by atoms with Crippen LogP contribution in [0.25, 0.3) is 0 Å². The van der Waals surface area contributed by atoms with E-state index in [1.165, 1.54) is 0 Å². The summed E-state index contributed by atoms with van der Waals surface area (Å²) in [7, 11) is 0. The molecule has 0 amide bonds. The van der Waals surface area contributed by atoms with E-state index < -0.39 is 0 Å². The molecule has 17 heavy (non-hydrogen) atoms. The zero-order chi connectivity index (χ0) is 12.8. The fourth-order valence-electron chi connectivity index (χ4n) is 2.21. The van der Waals surface area contributed by atoms with Crippen LogP contribution in [0.3, 0.4) is 0 Å². The molecule has 1 heterocycles. The molecule has 0 bridgehead atoms. The van der Waals surface area contributed by atoms with Gasteiger partial charge in [-0.05, 0) is 17.8 Å². The summed E-state index contributed by atoms with van der Waals surface area (Å²) in [6, 6.07) is 0. The van der Waals surface area contributed by atoms with Gasteiger partial charge in [-0.1, -0.05) is 33.8 Å². The van der Waals surface area contributed by atoms with Crippen LogP contribution in [0.4, 0.5) is 5.95 Å². The van der Waals surface area contributed by atoms with Gasteiger partial charge in [0.05, 0.1) is 0 Å². The van der Waals surface area contributed by atoms with Crippen LogP contribution in [0.1, 0.15) is 27.7 Å². The average molecular weight is 235 g/mol. The largest absolute Gasteiger partial charge is 0.352 e. The van der Waals surface area contributed by atoms with E-state index in [2.05, 4.69) is 49.1 Å². The Labute approximate surface area is 105 Å². The van der Waals surface area contributed by atoms with Crippen molar-refractivity contribution < 1.29 is 0 Å². The highest BCUT2D eigenvalue weighted by molar-refractivity contribution is 5.26. The lowest BCUT2D eigenvalue weighted by molar-refractivity contribution is 0.253. The van der Waals surface area contributed by atoms with Crippen LogP contribution in [0.2, 0.25) is 0 Å². The van der Waals surface area contributed by atoms with E-state index in [-0.39, 0.29) is 0 Å². The summed E-state index contributed by atoms with van der Waals surface area (Å²) in [5, 5.41) is 3.26. The number of aromatic nitrogens is 2. The first kappa shape index (κ1) is 13.8. The molecule has 3 heteroatoms. The normalized spacial score (nSPS) is 11.5. The van der Waals surface area contributed by atoms with Crippen molar-refractivity contribution in [2.45, 2.75) is 34.2 Å². The smallest absolute Gasteiger partial charge is 0.203 e. The van der Waals surface area contributed by atoms with Crippen molar-refractivity contribution in [2.24, 2.45) is 17.8 Å². The minimum atomic E-state index is 0.675. The van der Waals surface area contributed by atoms with E-state index in [1.807, 2.05) is 18.5 Å². The van der Waals surface area contributed by atoms with Crippen LogP contribution in [0.15, 0.2) is 25.0 Å². The molecule has 0 aliphatic heterocycles. The molecule has 3 nitrogen and oxygen atoms in total. The Morgan fingerprint density at radius 3 is 2.53 bits per heavy atom. The molecule has 0 spiro atoms. The maximum atomic E-state index is 4.33. The van der Waals surface area contributed by atoms with Crippen molar-refractivity contribution in [3.8, 4) is 0 Å². The van der Waals surface area contributed by atoms with Gasteiger partial charge >= 0.3 is 0 Å². The second-order valence-electron chi connectivity index (χ2n) is 5.22. The molecule has 96 valence electrons. The highest BCUT2D eigenvalue weighted by Crippen LogP contribution is 2.23. The van der Waals surface area contributed by atoms with Crippen LogP contribution in [0, 0.1) is 17.8 Å². The molecule has 0 radical (unpaired) electrons. The van der Waals surface area contributed by atoms with E-state index in [4.69, 9.17) is 0 Å². The highest BCUT2D eigenvalue weighted by atomic mass is 15.2. The molecular weight excluding hydrogens is 210 g/mol. The fourth-order valence-corrected chi connectivity index (χ4v) is 2.21. The van der Waals surface area contributed by atoms with E-state index in [0.717, 1.165) is 19.0 Å². The Morgan fingerprint density at radius 1 is 1.35 bits per heavy atom. The predicted molar refractivity (Wildman–Crippen MR) is 74.1 cm³/mol. The number of hydrogen-bond donors (Lipinski definition) is 1. The lowest BCUT2D eigenvalue weighted by Crippen LogP contribution is -2.22. The second kappa shape index (κ2) is 6.48. The van der Waals surface area contributed by atoms with Crippen molar-refractivity contribution in [1.82, 2.24) is 9.55 Å². The first-order valence-corrected chi connectivity index (χ1v) is 6.42. The van der Waals surface area contributed by atoms with E-state index in [1.54, 1.807) is 0 Å². The topological polar surface area (TPSA) is 29.9 Å². The monoisotopic (exact) mass is 235 g/mol. The van der Waals surface area contributed by atoms with Gasteiger partial charge in [0.15, 0.2) is 0 Å². The molecule has 0 unspecified atom stereocenters. The van der Waals surface area contributed by atoms with Crippen LogP contribution in [0.5, 0.6) is 0 Å². The van der Waals surface area contributed by atoms with Gasteiger partial charge < -0.3 is 9.88 Å². The number of hydrogen-bond acceptors (Lipinski definition) is 2. The Morgan fingerprint density at radius 2 is 2.00 bits per heavy atom. The van der Waals surface area contributed by atoms with Crippen LogP contribution >= 0.6 is 0 Å². The van der Waals surface area contributed by atoms with Crippen molar-refractivity contribution in [3.63, 3.8) is 0 Å². The Balaban J connectivity index is 2.72. The van der Waals surface area contributed by atoms with Gasteiger partial charge in [0, 0.05) is 25.5 Å². The van der Waals surface area contributed by atoms with Gasteiger partial charge in [0.1, 0.15) is 0 Å². The van der Waals surface area contributed by atoms with Gasteiger partial charge in [0.25, 0.3) is 0 Å². The third kappa shape index (κ3) is 3.91. The standard InChI is InChI=1S/C14H25N3/c1-6-7-15-14-16-8-9-17(14)10-13(11(2)3)12(4)5/h6,8-9,11-13H,1,7,10H2,2-5H3,(H,15,16). The average Bonchev–Trinajstić information content (AvgIpc) is 2.69. The van der Waals surface area contributed by atoms with Gasteiger partial charge in [-0.2, -0.15) is 0 Å². The minimum absolute atomic E-state index is 0.675. The summed E-state index contributed by atoms with van der Waals surface area (Å²) < 4.78 is 2.20. The minimum Gasteiger partial charge on any atom is -0.352 e. The summed E-state index contributed by atoms with van der Waals surface area (Å²) in [5.74, 6) is 2.99. The molecule has 0 aliphatic carbocycles. The van der Waals surface area contributed by atoms with Crippen LogP contribution in [-0.2, 0) is 6.54 Å². The summed E-state index contributed by atoms with van der Waals surface area (Å²) >= 11 is 0. The van der Waals surface area contributed by atoms with Gasteiger partial charge in [0.2, 0.25) is 5.95 Å². The fraction of sp³-hybridized carbons (Fsp3) is 0.643. The predicted octanol–water partition coefficient (Wildman–Crippen LogP) is 3.41. The first-order valence-electron chi connectivity index (χ1n) is 6.42. The van der Waals surface area contributed by atoms with Crippen molar-refractivity contribution in [3.05, 3.63) is 25.0 Å². The Hall–Kier alpha value is -1.25. The Bertz CT molecular complexity index is 331. The molecule has 0 fully saturated rings. The third-order valence-corrected chi connectivity index (χ3v) is 3.24. The zero-order valence-corrected chi connectivity index (χ0v) is 11.5. The van der Waals surface area contributed by atoms with Crippen molar-refractivity contribution in [1.29, 1.82) is 0 Å². The quantitative estimate of drug-likeness (QED) is 0.734. The molecule has 0 aliphatic rings. The van der Waals surface area contributed by atoms with Gasteiger partial charge in [-0.15, -0.1) is 6.58 Å². The maximum Gasteiger partial charge on any atom is 0.203 e. The molecule has 0 saturated heterocycles. The molecule has 0 saturated carbocycles. The molecule has 0 aromatic carbocycles. The lowest BCUT2D eigenvalue weighted by Gasteiger charge is -2.26. The SMILES string of the molecule is C=CCNc1nccn1CC(C(C)C)C(C)C. The maximum absolute atomic E-state index is 4.33. The summed E-state index contributed by atoms with van der Waals surface area (Å²) in [4.78, 5) is 4.33. The van der Waals surface area contributed by atoms with E-state index in [0.29, 0.717) is 17.8 Å². The van der Waals surface area contributed by atoms with Crippen molar-refractivity contribution in [2.75, 3.05) is 11.9 Å². The molecular formula is C14H25N3. The van der Waals surface area contributed by atoms with Crippen molar-refractivity contribution >= 4 is 5.95 Å². The summed E-state index contributed by atoms with van der Waals surface area (Å²) in [5.41, 5.74) is 0. The summed E-state index contributed by atoms with van der Waals surface area (Å²) in [6.45, 7) is 14.6.